The van der Waals surface area contributed by atoms with Crippen molar-refractivity contribution < 1.29 is 0 Å². The Kier molecular flexibility index (Phi) is 2.90. The Morgan fingerprint density at radius 2 is 1.41 bits per heavy atom. The number of hydrogen-bond acceptors (Lipinski definition) is 0. The van der Waals surface area contributed by atoms with E-state index in [4.69, 9.17) is 11.6 Å². The molecule has 0 aliphatic heterocycles. The van der Waals surface area contributed by atoms with E-state index < -0.39 is 0 Å². The Bertz CT molecular complexity index is 483. The largest absolute Gasteiger partial charge is 0.118 e. The van der Waals surface area contributed by atoms with Crippen LogP contribution in [0.5, 0.6) is 0 Å². The number of alkyl halides is 1. The van der Waals surface area contributed by atoms with Crippen molar-refractivity contribution in [2.75, 3.05) is 0 Å². The second-order valence-corrected chi connectivity index (χ2v) is 5.20. The van der Waals surface area contributed by atoms with Crippen molar-refractivity contribution in [2.45, 2.75) is 18.2 Å². The maximum absolute atomic E-state index is 6.40. The summed E-state index contributed by atoms with van der Waals surface area (Å²) >= 11 is 6.40. The molecule has 1 aliphatic rings. The lowest BCUT2D eigenvalue weighted by Crippen LogP contribution is -1.92. The van der Waals surface area contributed by atoms with E-state index in [2.05, 4.69) is 48.5 Å². The van der Waals surface area contributed by atoms with Gasteiger partial charge >= 0.3 is 0 Å². The van der Waals surface area contributed by atoms with E-state index in [1.165, 1.54) is 29.5 Å². The second-order valence-electron chi connectivity index (χ2n) is 4.73. The summed E-state index contributed by atoms with van der Waals surface area (Å²) in [6.07, 6.45) is 2.57. The highest BCUT2D eigenvalue weighted by Crippen LogP contribution is 2.45. The molecule has 3 rings (SSSR count). The van der Waals surface area contributed by atoms with E-state index in [1.807, 2.05) is 6.07 Å². The highest BCUT2D eigenvalue weighted by Gasteiger charge is 2.30. The minimum Gasteiger partial charge on any atom is -0.118 e. The standard InChI is InChI=1S/C16H15Cl/c17-16(15-10-11-15)14-8-6-13(7-9-14)12-4-2-1-3-5-12/h1-9,15-16H,10-11H2. The van der Waals surface area contributed by atoms with E-state index in [9.17, 15) is 0 Å². The molecule has 0 nitrogen and oxygen atoms in total. The van der Waals surface area contributed by atoms with Gasteiger partial charge in [-0.25, -0.2) is 0 Å². The Morgan fingerprint density at radius 3 is 2.00 bits per heavy atom. The van der Waals surface area contributed by atoms with Gasteiger partial charge in [0.2, 0.25) is 0 Å². The molecule has 0 N–H and O–H groups in total. The molecular formula is C16H15Cl. The zero-order chi connectivity index (χ0) is 11.7. The molecule has 0 heterocycles. The first kappa shape index (κ1) is 10.9. The first-order valence-corrected chi connectivity index (χ1v) is 6.58. The summed E-state index contributed by atoms with van der Waals surface area (Å²) in [4.78, 5) is 0. The third-order valence-corrected chi connectivity index (χ3v) is 3.98. The molecule has 0 saturated heterocycles. The van der Waals surface area contributed by atoms with Gasteiger partial charge in [-0.3, -0.25) is 0 Å². The van der Waals surface area contributed by atoms with Gasteiger partial charge in [-0.15, -0.1) is 11.6 Å². The van der Waals surface area contributed by atoms with Crippen LogP contribution in [0.3, 0.4) is 0 Å². The lowest BCUT2D eigenvalue weighted by atomic mass is 10.0. The van der Waals surface area contributed by atoms with Crippen LogP contribution >= 0.6 is 11.6 Å². The summed E-state index contributed by atoms with van der Waals surface area (Å²) in [5, 5.41) is 0.208. The lowest BCUT2D eigenvalue weighted by molar-refractivity contribution is 0.798. The number of halogens is 1. The summed E-state index contributed by atoms with van der Waals surface area (Å²) in [6.45, 7) is 0. The van der Waals surface area contributed by atoms with E-state index in [-0.39, 0.29) is 5.38 Å². The molecule has 0 bridgehead atoms. The molecule has 0 radical (unpaired) electrons. The Morgan fingerprint density at radius 1 is 0.824 bits per heavy atom. The van der Waals surface area contributed by atoms with Crippen LogP contribution in [0.25, 0.3) is 11.1 Å². The molecule has 17 heavy (non-hydrogen) atoms. The van der Waals surface area contributed by atoms with Crippen molar-refractivity contribution in [1.82, 2.24) is 0 Å². The Balaban J connectivity index is 1.85. The third kappa shape index (κ3) is 2.37. The van der Waals surface area contributed by atoms with E-state index in [1.54, 1.807) is 0 Å². The van der Waals surface area contributed by atoms with Crippen LogP contribution in [0, 0.1) is 5.92 Å². The van der Waals surface area contributed by atoms with Crippen molar-refractivity contribution >= 4 is 11.6 Å². The van der Waals surface area contributed by atoms with E-state index in [0.29, 0.717) is 5.92 Å². The molecule has 1 unspecified atom stereocenters. The Hall–Kier alpha value is -1.27. The molecule has 2 aromatic carbocycles. The zero-order valence-corrected chi connectivity index (χ0v) is 10.4. The van der Waals surface area contributed by atoms with Crippen LogP contribution < -0.4 is 0 Å². The SMILES string of the molecule is ClC(c1ccc(-c2ccccc2)cc1)C1CC1. The van der Waals surface area contributed by atoms with Gasteiger partial charge < -0.3 is 0 Å². The zero-order valence-electron chi connectivity index (χ0n) is 9.64. The molecule has 2 aromatic rings. The van der Waals surface area contributed by atoms with E-state index >= 15 is 0 Å². The van der Waals surface area contributed by atoms with Gasteiger partial charge in [-0.2, -0.15) is 0 Å². The van der Waals surface area contributed by atoms with Gasteiger partial charge in [-0.1, -0.05) is 54.6 Å². The molecule has 1 saturated carbocycles. The molecule has 0 aromatic heterocycles. The number of hydrogen-bond donors (Lipinski definition) is 0. The van der Waals surface area contributed by atoms with Gasteiger partial charge in [0, 0.05) is 0 Å². The van der Waals surface area contributed by atoms with Crippen LogP contribution in [0.15, 0.2) is 54.6 Å². The summed E-state index contributed by atoms with van der Waals surface area (Å²) in [6, 6.07) is 19.1. The average Bonchev–Trinajstić information content (AvgIpc) is 3.24. The van der Waals surface area contributed by atoms with Crippen molar-refractivity contribution in [3.8, 4) is 11.1 Å². The molecule has 1 fully saturated rings. The first-order chi connectivity index (χ1) is 8.34. The smallest absolute Gasteiger partial charge is 0.0613 e. The van der Waals surface area contributed by atoms with Crippen LogP contribution in [-0.4, -0.2) is 0 Å². The molecule has 0 spiro atoms. The molecule has 86 valence electrons. The van der Waals surface area contributed by atoms with Gasteiger partial charge in [-0.05, 0) is 35.4 Å². The monoisotopic (exact) mass is 242 g/mol. The maximum Gasteiger partial charge on any atom is 0.0613 e. The van der Waals surface area contributed by atoms with Gasteiger partial charge in [0.25, 0.3) is 0 Å². The fraction of sp³-hybridized carbons (Fsp3) is 0.250. The quantitative estimate of drug-likeness (QED) is 0.662. The lowest BCUT2D eigenvalue weighted by Gasteiger charge is -2.09. The van der Waals surface area contributed by atoms with Crippen LogP contribution in [0.1, 0.15) is 23.8 Å². The highest BCUT2D eigenvalue weighted by atomic mass is 35.5. The van der Waals surface area contributed by atoms with Crippen molar-refractivity contribution in [1.29, 1.82) is 0 Å². The predicted molar refractivity (Wildman–Crippen MR) is 73.2 cm³/mol. The minimum absolute atomic E-state index is 0.208. The normalized spacial score (nSPS) is 16.8. The Labute approximate surface area is 107 Å². The molecule has 1 aliphatic carbocycles. The van der Waals surface area contributed by atoms with E-state index in [0.717, 1.165) is 0 Å². The van der Waals surface area contributed by atoms with Gasteiger partial charge in [0.15, 0.2) is 0 Å². The van der Waals surface area contributed by atoms with Gasteiger partial charge in [0.05, 0.1) is 5.38 Å². The minimum atomic E-state index is 0.208. The highest BCUT2D eigenvalue weighted by molar-refractivity contribution is 6.21. The molecular weight excluding hydrogens is 228 g/mol. The predicted octanol–water partition coefficient (Wildman–Crippen LogP) is 5.04. The molecule has 1 heteroatoms. The average molecular weight is 243 g/mol. The maximum atomic E-state index is 6.40. The first-order valence-electron chi connectivity index (χ1n) is 6.14. The van der Waals surface area contributed by atoms with Crippen LogP contribution in [0.4, 0.5) is 0 Å². The molecule has 1 atom stereocenters. The topological polar surface area (TPSA) is 0 Å². The second kappa shape index (κ2) is 4.54. The van der Waals surface area contributed by atoms with Crippen LogP contribution in [0.2, 0.25) is 0 Å². The number of benzene rings is 2. The fourth-order valence-corrected chi connectivity index (χ4v) is 2.55. The van der Waals surface area contributed by atoms with Crippen LogP contribution in [-0.2, 0) is 0 Å². The van der Waals surface area contributed by atoms with Crippen molar-refractivity contribution in [3.63, 3.8) is 0 Å². The summed E-state index contributed by atoms with van der Waals surface area (Å²) in [5.74, 6) is 0.708. The summed E-state index contributed by atoms with van der Waals surface area (Å²) < 4.78 is 0. The third-order valence-electron chi connectivity index (χ3n) is 3.37. The van der Waals surface area contributed by atoms with Crippen molar-refractivity contribution in [3.05, 3.63) is 60.2 Å². The van der Waals surface area contributed by atoms with Crippen molar-refractivity contribution in [2.24, 2.45) is 5.92 Å². The molecule has 0 amide bonds. The summed E-state index contributed by atoms with van der Waals surface area (Å²) in [5.41, 5.74) is 3.78. The fourth-order valence-electron chi connectivity index (χ4n) is 2.15. The summed E-state index contributed by atoms with van der Waals surface area (Å²) in [7, 11) is 0. The van der Waals surface area contributed by atoms with Gasteiger partial charge in [0.1, 0.15) is 0 Å². The number of rotatable bonds is 3.